The van der Waals surface area contributed by atoms with E-state index in [4.69, 9.17) is 0 Å². The molecule has 4 N–H and O–H groups in total. The first kappa shape index (κ1) is 29.3. The molecule has 2 atom stereocenters. The van der Waals surface area contributed by atoms with Crippen LogP contribution in [-0.4, -0.2) is 32.2 Å². The van der Waals surface area contributed by atoms with Crippen LogP contribution in [0.2, 0.25) is 0 Å². The maximum absolute atomic E-state index is 4.17. The van der Waals surface area contributed by atoms with Crippen LogP contribution in [-0.2, 0) is 0 Å². The molecule has 0 spiro atoms. The molecule has 0 aliphatic rings. The highest BCUT2D eigenvalue weighted by Gasteiger charge is 2.09. The van der Waals surface area contributed by atoms with Crippen LogP contribution in [0.15, 0.2) is 49.0 Å². The molecule has 0 amide bonds. The summed E-state index contributed by atoms with van der Waals surface area (Å²) in [6.45, 7) is 24.7. The van der Waals surface area contributed by atoms with Crippen molar-refractivity contribution in [3.63, 3.8) is 0 Å². The lowest BCUT2D eigenvalue weighted by molar-refractivity contribution is 0.484. The van der Waals surface area contributed by atoms with Gasteiger partial charge < -0.3 is 21.3 Å². The molecule has 0 radical (unpaired) electrons. The van der Waals surface area contributed by atoms with Gasteiger partial charge in [0, 0.05) is 42.3 Å². The highest BCUT2D eigenvalue weighted by molar-refractivity contribution is 5.07. The Bertz CT molecular complexity index is 519. The van der Waals surface area contributed by atoms with Gasteiger partial charge in [-0.2, -0.15) is 0 Å². The Morgan fingerprint density at radius 2 is 1.32 bits per heavy atom. The molecular weight excluding hydrogens is 380 g/mol. The van der Waals surface area contributed by atoms with Gasteiger partial charge in [-0.3, -0.25) is 0 Å². The monoisotopic (exact) mass is 432 g/mol. The molecule has 0 aliphatic heterocycles. The number of unbranched alkanes of at least 4 members (excludes halogenated alkanes) is 4. The molecule has 0 aromatic carbocycles. The van der Waals surface area contributed by atoms with E-state index in [0.29, 0.717) is 6.04 Å². The molecule has 0 aliphatic carbocycles. The number of nitrogens with one attached hydrogen (secondary N) is 4. The van der Waals surface area contributed by atoms with Crippen molar-refractivity contribution in [1.82, 2.24) is 21.3 Å². The molecule has 180 valence electrons. The van der Waals surface area contributed by atoms with Gasteiger partial charge in [-0.15, -0.1) is 0 Å². The van der Waals surface area contributed by atoms with Crippen molar-refractivity contribution in [3.8, 4) is 0 Å². The second kappa shape index (κ2) is 19.0. The second-order valence-electron chi connectivity index (χ2n) is 8.98. The van der Waals surface area contributed by atoms with Crippen molar-refractivity contribution in [2.75, 3.05) is 20.1 Å². The van der Waals surface area contributed by atoms with Crippen LogP contribution in [0.5, 0.6) is 0 Å². The topological polar surface area (TPSA) is 48.1 Å². The van der Waals surface area contributed by atoms with Gasteiger partial charge in [0.05, 0.1) is 0 Å². The molecule has 4 heteroatoms. The second-order valence-corrected chi connectivity index (χ2v) is 8.98. The number of rotatable bonds is 22. The van der Waals surface area contributed by atoms with Crippen LogP contribution in [0, 0.1) is 0 Å². The Kier molecular flexibility index (Phi) is 18.0. The van der Waals surface area contributed by atoms with Gasteiger partial charge in [0.25, 0.3) is 0 Å². The minimum absolute atomic E-state index is 0.280. The Morgan fingerprint density at radius 1 is 0.742 bits per heavy atom. The normalized spacial score (nSPS) is 12.6. The van der Waals surface area contributed by atoms with Gasteiger partial charge in [-0.1, -0.05) is 58.1 Å². The fourth-order valence-corrected chi connectivity index (χ4v) is 3.66. The van der Waals surface area contributed by atoms with Gasteiger partial charge in [0.15, 0.2) is 0 Å². The zero-order chi connectivity index (χ0) is 23.5. The molecule has 0 fully saturated rings. The lowest BCUT2D eigenvalue weighted by Gasteiger charge is -2.21. The Hall–Kier alpha value is -1.68. The van der Waals surface area contributed by atoms with Gasteiger partial charge >= 0.3 is 0 Å². The summed E-state index contributed by atoms with van der Waals surface area (Å²) in [6.07, 6.45) is 13.0. The maximum Gasteiger partial charge on any atom is 0.0468 e. The average Bonchev–Trinajstić information content (AvgIpc) is 2.72. The summed E-state index contributed by atoms with van der Waals surface area (Å²) in [5.41, 5.74) is 4.45. The highest BCUT2D eigenvalue weighted by Crippen LogP contribution is 2.12. The molecule has 0 saturated carbocycles. The minimum Gasteiger partial charge on any atom is -0.389 e. The predicted molar refractivity (Wildman–Crippen MR) is 140 cm³/mol. The van der Waals surface area contributed by atoms with E-state index in [0.717, 1.165) is 49.3 Å². The molecule has 0 bridgehead atoms. The first-order chi connectivity index (χ1) is 14.8. The molecule has 0 aromatic rings. The van der Waals surface area contributed by atoms with E-state index in [-0.39, 0.29) is 6.04 Å². The maximum atomic E-state index is 4.17. The first-order valence-corrected chi connectivity index (χ1v) is 12.4. The zero-order valence-corrected chi connectivity index (χ0v) is 21.2. The molecule has 0 rings (SSSR count). The number of allylic oxidation sites excluding steroid dienone is 3. The quantitative estimate of drug-likeness (QED) is 0.122. The van der Waals surface area contributed by atoms with E-state index in [1.54, 1.807) is 0 Å². The van der Waals surface area contributed by atoms with Crippen molar-refractivity contribution in [3.05, 3.63) is 49.0 Å². The smallest absolute Gasteiger partial charge is 0.0468 e. The van der Waals surface area contributed by atoms with Crippen molar-refractivity contribution in [2.45, 2.75) is 103 Å². The molecule has 31 heavy (non-hydrogen) atoms. The summed E-state index contributed by atoms with van der Waals surface area (Å²) in [6, 6.07) is 0.926. The van der Waals surface area contributed by atoms with Gasteiger partial charge in [0.1, 0.15) is 0 Å². The number of hydrogen-bond donors (Lipinski definition) is 4. The largest absolute Gasteiger partial charge is 0.389 e. The van der Waals surface area contributed by atoms with Gasteiger partial charge in [-0.05, 0) is 72.3 Å². The van der Waals surface area contributed by atoms with E-state index in [1.807, 2.05) is 6.92 Å². The Labute approximate surface area is 194 Å². The van der Waals surface area contributed by atoms with Crippen LogP contribution < -0.4 is 21.3 Å². The fourth-order valence-electron chi connectivity index (χ4n) is 3.66. The zero-order valence-electron chi connectivity index (χ0n) is 21.2. The minimum atomic E-state index is 0.280. The standard InChI is InChI=1S/C27H52N4/c1-9-26(28-8)17-15-21-30-24(6)16-13-11-10-12-14-20-29-25(7)18-19-27(22(2)3)31-23(4)5/h26-31H,2,4,6-7,9-21H2,1,3,5,8H3/t26-,27-/m1/s1. The van der Waals surface area contributed by atoms with E-state index < -0.39 is 0 Å². The van der Waals surface area contributed by atoms with Crippen molar-refractivity contribution in [1.29, 1.82) is 0 Å². The van der Waals surface area contributed by atoms with E-state index >= 15 is 0 Å². The van der Waals surface area contributed by atoms with Crippen LogP contribution in [0.25, 0.3) is 0 Å². The summed E-state index contributed by atoms with van der Waals surface area (Å²) >= 11 is 0. The summed E-state index contributed by atoms with van der Waals surface area (Å²) in [5.74, 6) is 0. The summed E-state index contributed by atoms with van der Waals surface area (Å²) < 4.78 is 0. The van der Waals surface area contributed by atoms with E-state index in [1.165, 1.54) is 57.1 Å². The van der Waals surface area contributed by atoms with Gasteiger partial charge in [-0.25, -0.2) is 0 Å². The molecule has 0 saturated heterocycles. The first-order valence-electron chi connectivity index (χ1n) is 12.4. The predicted octanol–water partition coefficient (Wildman–Crippen LogP) is 6.16. The summed E-state index contributed by atoms with van der Waals surface area (Å²) in [7, 11) is 2.05. The fraction of sp³-hybridized carbons (Fsp3) is 0.704. The van der Waals surface area contributed by atoms with Crippen molar-refractivity contribution >= 4 is 0 Å². The van der Waals surface area contributed by atoms with Crippen LogP contribution in [0.3, 0.4) is 0 Å². The van der Waals surface area contributed by atoms with Gasteiger partial charge in [0.2, 0.25) is 0 Å². The van der Waals surface area contributed by atoms with Crippen LogP contribution in [0.4, 0.5) is 0 Å². The molecule has 0 heterocycles. The summed E-state index contributed by atoms with van der Waals surface area (Å²) in [4.78, 5) is 0. The lowest BCUT2D eigenvalue weighted by atomic mass is 10.0. The van der Waals surface area contributed by atoms with E-state index in [9.17, 15) is 0 Å². The Morgan fingerprint density at radius 3 is 1.90 bits per heavy atom. The van der Waals surface area contributed by atoms with Crippen LogP contribution >= 0.6 is 0 Å². The SMILES string of the molecule is C=C(C)N[C@H](CCC(=C)NCCCCCCCC(=C)NCCC[C@@H](CC)NC)C(=C)C. The average molecular weight is 433 g/mol. The van der Waals surface area contributed by atoms with E-state index in [2.05, 4.69) is 68.5 Å². The van der Waals surface area contributed by atoms with Crippen LogP contribution in [0.1, 0.15) is 91.4 Å². The third-order valence-electron chi connectivity index (χ3n) is 5.79. The highest BCUT2D eigenvalue weighted by atomic mass is 14.9. The van der Waals surface area contributed by atoms with Crippen molar-refractivity contribution < 1.29 is 0 Å². The third kappa shape index (κ3) is 17.7. The number of hydrogen-bond acceptors (Lipinski definition) is 4. The lowest BCUT2D eigenvalue weighted by Crippen LogP contribution is -2.28. The third-order valence-corrected chi connectivity index (χ3v) is 5.79. The molecular formula is C27H52N4. The van der Waals surface area contributed by atoms with Crippen molar-refractivity contribution in [2.24, 2.45) is 0 Å². The summed E-state index contributed by atoms with van der Waals surface area (Å²) in [5, 5.41) is 13.7. The molecule has 0 aromatic heterocycles. The molecule has 0 unspecified atom stereocenters. The molecule has 4 nitrogen and oxygen atoms in total. The Balaban J connectivity index is 3.60.